The lowest BCUT2D eigenvalue weighted by Gasteiger charge is -2.32. The summed E-state index contributed by atoms with van der Waals surface area (Å²) in [7, 11) is 0. The first-order valence-electron chi connectivity index (χ1n) is 7.00. The maximum absolute atomic E-state index is 12.6. The van der Waals surface area contributed by atoms with E-state index in [1.54, 1.807) is 0 Å². The van der Waals surface area contributed by atoms with Crippen LogP contribution in [-0.4, -0.2) is 28.6 Å². The second-order valence-electron chi connectivity index (χ2n) is 6.01. The first-order chi connectivity index (χ1) is 8.95. The Morgan fingerprint density at radius 2 is 2.00 bits per heavy atom. The van der Waals surface area contributed by atoms with E-state index < -0.39 is 6.10 Å². The van der Waals surface area contributed by atoms with Gasteiger partial charge in [-0.3, -0.25) is 4.79 Å². The van der Waals surface area contributed by atoms with Crippen molar-refractivity contribution in [3.63, 3.8) is 0 Å². The van der Waals surface area contributed by atoms with Crippen LogP contribution in [0.25, 0.3) is 0 Å². The van der Waals surface area contributed by atoms with Crippen LogP contribution in [0.1, 0.15) is 45.2 Å². The molecule has 0 spiro atoms. The highest BCUT2D eigenvalue weighted by Gasteiger charge is 2.40. The highest BCUT2D eigenvalue weighted by molar-refractivity contribution is 5.82. The van der Waals surface area contributed by atoms with Crippen molar-refractivity contribution in [3.8, 4) is 0 Å². The Kier molecular flexibility index (Phi) is 3.95. The lowest BCUT2D eigenvalue weighted by Crippen LogP contribution is -2.40. The van der Waals surface area contributed by atoms with Crippen LogP contribution in [-0.2, 0) is 4.79 Å². The number of benzene rings is 1. The third kappa shape index (κ3) is 2.81. The molecule has 1 aromatic rings. The quantitative estimate of drug-likeness (QED) is 0.909. The summed E-state index contributed by atoms with van der Waals surface area (Å²) in [5, 5.41) is 9.92. The summed E-state index contributed by atoms with van der Waals surface area (Å²) in [4.78, 5) is 14.5. The smallest absolute Gasteiger partial charge is 0.228 e. The summed E-state index contributed by atoms with van der Waals surface area (Å²) in [6.45, 7) is 6.42. The van der Waals surface area contributed by atoms with E-state index in [0.29, 0.717) is 13.0 Å². The Labute approximate surface area is 115 Å². The van der Waals surface area contributed by atoms with Gasteiger partial charge in [0, 0.05) is 12.0 Å². The van der Waals surface area contributed by atoms with Gasteiger partial charge >= 0.3 is 0 Å². The number of aliphatic hydroxyl groups excluding tert-OH is 1. The normalized spacial score (nSPS) is 23.7. The minimum Gasteiger partial charge on any atom is -0.391 e. The van der Waals surface area contributed by atoms with Gasteiger partial charge in [0.05, 0.1) is 12.1 Å². The Morgan fingerprint density at radius 3 is 2.58 bits per heavy atom. The van der Waals surface area contributed by atoms with Gasteiger partial charge in [0.15, 0.2) is 0 Å². The van der Waals surface area contributed by atoms with Crippen molar-refractivity contribution in [1.82, 2.24) is 4.90 Å². The fourth-order valence-electron chi connectivity index (χ4n) is 2.57. The van der Waals surface area contributed by atoms with Gasteiger partial charge in [-0.2, -0.15) is 0 Å². The topological polar surface area (TPSA) is 40.5 Å². The van der Waals surface area contributed by atoms with E-state index in [4.69, 9.17) is 0 Å². The van der Waals surface area contributed by atoms with Crippen LogP contribution in [0.5, 0.6) is 0 Å². The molecular formula is C16H23NO2. The van der Waals surface area contributed by atoms with Crippen LogP contribution < -0.4 is 0 Å². The summed E-state index contributed by atoms with van der Waals surface area (Å²) in [6.07, 6.45) is 1.02. The van der Waals surface area contributed by atoms with E-state index in [9.17, 15) is 9.90 Å². The minimum atomic E-state index is -0.415. The fourth-order valence-corrected chi connectivity index (χ4v) is 2.57. The standard InChI is InChI=1S/C16H23NO2/c1-4-16(2,3)15(19)17-11-13(18)10-14(17)12-8-6-5-7-9-12/h5-9,13-14,18H,4,10-11H2,1-3H3/t13-,14-/m0/s1. The van der Waals surface area contributed by atoms with Crippen LogP contribution in [0.2, 0.25) is 0 Å². The molecule has 0 aliphatic carbocycles. The highest BCUT2D eigenvalue weighted by Crippen LogP contribution is 2.36. The number of hydrogen-bond acceptors (Lipinski definition) is 2. The molecule has 3 heteroatoms. The predicted octanol–water partition coefficient (Wildman–Crippen LogP) is 2.76. The van der Waals surface area contributed by atoms with Crippen LogP contribution in [0, 0.1) is 5.41 Å². The molecule has 1 amide bonds. The first kappa shape index (κ1) is 14.1. The lowest BCUT2D eigenvalue weighted by atomic mass is 9.88. The number of nitrogens with zero attached hydrogens (tertiary/aromatic N) is 1. The number of carbonyl (C=O) groups excluding carboxylic acids is 1. The summed E-state index contributed by atoms with van der Waals surface area (Å²) >= 11 is 0. The van der Waals surface area contributed by atoms with Gasteiger partial charge in [-0.1, -0.05) is 51.1 Å². The molecular weight excluding hydrogens is 238 g/mol. The highest BCUT2D eigenvalue weighted by atomic mass is 16.3. The number of β-amino-alcohol motifs (C(OH)–C–C–N with tert-alkyl or cyclic N) is 1. The van der Waals surface area contributed by atoms with Crippen molar-refractivity contribution >= 4 is 5.91 Å². The SMILES string of the molecule is CCC(C)(C)C(=O)N1C[C@@H](O)C[C@H]1c1ccccc1. The molecule has 0 unspecified atom stereocenters. The second kappa shape index (κ2) is 5.33. The summed E-state index contributed by atoms with van der Waals surface area (Å²) in [5.74, 6) is 0.139. The van der Waals surface area contributed by atoms with Gasteiger partial charge in [0.1, 0.15) is 0 Å². The van der Waals surface area contributed by atoms with Gasteiger partial charge in [-0.25, -0.2) is 0 Å². The van der Waals surface area contributed by atoms with Crippen molar-refractivity contribution in [2.45, 2.75) is 45.8 Å². The Balaban J connectivity index is 2.26. The molecule has 0 aromatic heterocycles. The zero-order valence-electron chi connectivity index (χ0n) is 12.0. The molecule has 1 heterocycles. The van der Waals surface area contributed by atoms with Gasteiger partial charge < -0.3 is 10.0 Å². The molecule has 19 heavy (non-hydrogen) atoms. The lowest BCUT2D eigenvalue weighted by molar-refractivity contribution is -0.141. The molecule has 1 aromatic carbocycles. The predicted molar refractivity (Wildman–Crippen MR) is 75.6 cm³/mol. The molecule has 1 fully saturated rings. The first-order valence-corrected chi connectivity index (χ1v) is 7.00. The van der Waals surface area contributed by atoms with Crippen LogP contribution in [0.4, 0.5) is 0 Å². The van der Waals surface area contributed by atoms with Crippen molar-refractivity contribution in [3.05, 3.63) is 35.9 Å². The summed E-state index contributed by atoms with van der Waals surface area (Å²) in [5.41, 5.74) is 0.746. The number of aliphatic hydroxyl groups is 1. The third-order valence-corrected chi connectivity index (χ3v) is 4.19. The van der Waals surface area contributed by atoms with Gasteiger partial charge in [0.25, 0.3) is 0 Å². The number of rotatable bonds is 3. The average Bonchev–Trinajstić information content (AvgIpc) is 2.80. The summed E-state index contributed by atoms with van der Waals surface area (Å²) < 4.78 is 0. The molecule has 104 valence electrons. The van der Waals surface area contributed by atoms with E-state index in [1.807, 2.05) is 56.0 Å². The van der Waals surface area contributed by atoms with E-state index in [2.05, 4.69) is 0 Å². The monoisotopic (exact) mass is 261 g/mol. The molecule has 1 aliphatic heterocycles. The number of hydrogen-bond donors (Lipinski definition) is 1. The number of amides is 1. The van der Waals surface area contributed by atoms with Crippen LogP contribution in [0.3, 0.4) is 0 Å². The van der Waals surface area contributed by atoms with Crippen LogP contribution in [0.15, 0.2) is 30.3 Å². The zero-order chi connectivity index (χ0) is 14.0. The average molecular weight is 261 g/mol. The van der Waals surface area contributed by atoms with Crippen molar-refractivity contribution in [1.29, 1.82) is 0 Å². The molecule has 1 N–H and O–H groups in total. The number of carbonyl (C=O) groups is 1. The summed E-state index contributed by atoms with van der Waals surface area (Å²) in [6, 6.07) is 10.00. The van der Waals surface area contributed by atoms with Gasteiger partial charge in [-0.15, -0.1) is 0 Å². The number of likely N-dealkylation sites (tertiary alicyclic amines) is 1. The largest absolute Gasteiger partial charge is 0.391 e. The van der Waals surface area contributed by atoms with Crippen molar-refractivity contribution in [2.75, 3.05) is 6.54 Å². The van der Waals surface area contributed by atoms with Crippen molar-refractivity contribution in [2.24, 2.45) is 5.41 Å². The van der Waals surface area contributed by atoms with E-state index >= 15 is 0 Å². The molecule has 0 radical (unpaired) electrons. The molecule has 1 aliphatic rings. The van der Waals surface area contributed by atoms with Gasteiger partial charge in [-0.05, 0) is 18.4 Å². The van der Waals surface area contributed by atoms with E-state index in [0.717, 1.165) is 12.0 Å². The van der Waals surface area contributed by atoms with Crippen LogP contribution >= 0.6 is 0 Å². The fraction of sp³-hybridized carbons (Fsp3) is 0.562. The van der Waals surface area contributed by atoms with Gasteiger partial charge in [0.2, 0.25) is 5.91 Å². The molecule has 2 atom stereocenters. The molecule has 2 rings (SSSR count). The maximum Gasteiger partial charge on any atom is 0.228 e. The second-order valence-corrected chi connectivity index (χ2v) is 6.01. The minimum absolute atomic E-state index is 0.00882. The van der Waals surface area contributed by atoms with E-state index in [1.165, 1.54) is 0 Å². The Bertz CT molecular complexity index is 441. The molecule has 0 saturated carbocycles. The Morgan fingerprint density at radius 1 is 1.37 bits per heavy atom. The van der Waals surface area contributed by atoms with Crippen molar-refractivity contribution < 1.29 is 9.90 Å². The Hall–Kier alpha value is -1.35. The molecule has 0 bridgehead atoms. The third-order valence-electron chi connectivity index (χ3n) is 4.19. The zero-order valence-corrected chi connectivity index (χ0v) is 12.0. The molecule has 3 nitrogen and oxygen atoms in total. The van der Waals surface area contributed by atoms with E-state index in [-0.39, 0.29) is 17.4 Å². The maximum atomic E-state index is 12.6. The molecule has 1 saturated heterocycles.